The quantitative estimate of drug-likeness (QED) is 0.273. The third kappa shape index (κ3) is 5.63. The molecule has 0 aliphatic heterocycles. The van der Waals surface area contributed by atoms with Crippen molar-refractivity contribution < 1.29 is 9.47 Å². The van der Waals surface area contributed by atoms with Gasteiger partial charge in [-0.25, -0.2) is 0 Å². The Hall–Kier alpha value is -2.74. The summed E-state index contributed by atoms with van der Waals surface area (Å²) >= 11 is 9.65. The Morgan fingerprint density at radius 2 is 1.86 bits per heavy atom. The summed E-state index contributed by atoms with van der Waals surface area (Å²) in [6.07, 6.45) is 1.81. The average molecular weight is 469 g/mol. The molecule has 0 aliphatic rings. The summed E-state index contributed by atoms with van der Waals surface area (Å²) in [4.78, 5) is 0. The van der Waals surface area contributed by atoms with Gasteiger partial charge in [-0.15, -0.1) is 0 Å². The molecule has 0 radical (unpaired) electrons. The van der Waals surface area contributed by atoms with Gasteiger partial charge < -0.3 is 9.47 Å². The lowest BCUT2D eigenvalue weighted by atomic mass is 10.0. The number of allylic oxidation sites excluding steroid dienone is 1. The molecule has 0 spiro atoms. The molecule has 0 unspecified atom stereocenters. The Morgan fingerprint density at radius 3 is 2.55 bits per heavy atom. The number of ether oxygens (including phenoxy) is 2. The minimum atomic E-state index is 0.431. The van der Waals surface area contributed by atoms with Crippen molar-refractivity contribution in [1.29, 1.82) is 5.26 Å². The van der Waals surface area contributed by atoms with Gasteiger partial charge in [0.15, 0.2) is 11.5 Å². The number of nitrogens with zero attached hydrogens (tertiary/aromatic N) is 1. The van der Waals surface area contributed by atoms with Gasteiger partial charge in [0.1, 0.15) is 6.61 Å². The molecule has 0 aromatic heterocycles. The van der Waals surface area contributed by atoms with E-state index in [-0.39, 0.29) is 0 Å². The molecule has 0 fully saturated rings. The van der Waals surface area contributed by atoms with Crippen molar-refractivity contribution >= 4 is 39.2 Å². The minimum absolute atomic E-state index is 0.431. The zero-order valence-electron chi connectivity index (χ0n) is 15.9. The largest absolute Gasteiger partial charge is 0.490 e. The van der Waals surface area contributed by atoms with Gasteiger partial charge in [-0.3, -0.25) is 0 Å². The maximum absolute atomic E-state index is 9.61. The molecule has 146 valence electrons. The molecular weight excluding hydrogens is 450 g/mol. The monoisotopic (exact) mass is 467 g/mol. The molecule has 3 aromatic rings. The lowest BCUT2D eigenvalue weighted by Gasteiger charge is -2.15. The van der Waals surface area contributed by atoms with Gasteiger partial charge in [-0.05, 0) is 69.9 Å². The lowest BCUT2D eigenvalue weighted by Crippen LogP contribution is -2.01. The Balaban J connectivity index is 1.93. The van der Waals surface area contributed by atoms with Crippen molar-refractivity contribution in [3.8, 4) is 17.6 Å². The number of halogens is 2. The molecule has 3 rings (SSSR count). The maximum Gasteiger partial charge on any atom is 0.175 e. The van der Waals surface area contributed by atoms with Gasteiger partial charge >= 0.3 is 0 Å². The van der Waals surface area contributed by atoms with E-state index < -0.39 is 0 Å². The summed E-state index contributed by atoms with van der Waals surface area (Å²) in [5.74, 6) is 1.25. The molecule has 0 bridgehead atoms. The van der Waals surface area contributed by atoms with Crippen LogP contribution in [0.2, 0.25) is 5.02 Å². The number of hydrogen-bond acceptors (Lipinski definition) is 3. The first-order valence-corrected chi connectivity index (χ1v) is 10.3. The van der Waals surface area contributed by atoms with E-state index in [1.807, 2.05) is 61.5 Å². The number of hydrogen-bond donors (Lipinski definition) is 0. The van der Waals surface area contributed by atoms with Gasteiger partial charge in [0.2, 0.25) is 0 Å². The normalized spacial score (nSPS) is 11.0. The Bertz CT molecular complexity index is 1060. The summed E-state index contributed by atoms with van der Waals surface area (Å²) < 4.78 is 12.6. The number of nitriles is 1. The maximum atomic E-state index is 9.61. The topological polar surface area (TPSA) is 42.2 Å². The summed E-state index contributed by atoms with van der Waals surface area (Å²) in [7, 11) is 0. The first-order chi connectivity index (χ1) is 14.1. The summed E-state index contributed by atoms with van der Waals surface area (Å²) in [6, 6.07) is 23.2. The van der Waals surface area contributed by atoms with Crippen LogP contribution in [0.15, 0.2) is 71.2 Å². The van der Waals surface area contributed by atoms with E-state index >= 15 is 0 Å². The summed E-state index contributed by atoms with van der Waals surface area (Å²) in [5.41, 5.74) is 3.17. The highest BCUT2D eigenvalue weighted by atomic mass is 79.9. The molecule has 0 N–H and O–H groups in total. The van der Waals surface area contributed by atoms with Gasteiger partial charge in [0.25, 0.3) is 0 Å². The molecule has 0 saturated carbocycles. The molecule has 3 aromatic carbocycles. The second kappa shape index (κ2) is 10.2. The van der Waals surface area contributed by atoms with Crippen LogP contribution in [-0.4, -0.2) is 6.61 Å². The van der Waals surface area contributed by atoms with E-state index in [9.17, 15) is 5.26 Å². The van der Waals surface area contributed by atoms with Gasteiger partial charge in [-0.2, -0.15) is 5.26 Å². The highest BCUT2D eigenvalue weighted by molar-refractivity contribution is 9.10. The fraction of sp³-hybridized carbons (Fsp3) is 0.125. The Labute approximate surface area is 184 Å². The van der Waals surface area contributed by atoms with E-state index in [4.69, 9.17) is 21.1 Å². The fourth-order valence-corrected chi connectivity index (χ4v) is 3.57. The molecule has 0 atom stereocenters. The van der Waals surface area contributed by atoms with E-state index in [2.05, 4.69) is 22.0 Å². The van der Waals surface area contributed by atoms with Crippen LogP contribution in [-0.2, 0) is 6.61 Å². The smallest absolute Gasteiger partial charge is 0.175 e. The van der Waals surface area contributed by atoms with Crippen molar-refractivity contribution in [2.45, 2.75) is 13.5 Å². The zero-order valence-corrected chi connectivity index (χ0v) is 18.2. The van der Waals surface area contributed by atoms with Crippen LogP contribution < -0.4 is 9.47 Å². The van der Waals surface area contributed by atoms with Crippen molar-refractivity contribution in [1.82, 2.24) is 0 Å². The molecule has 0 heterocycles. The van der Waals surface area contributed by atoms with Crippen molar-refractivity contribution in [2.24, 2.45) is 0 Å². The van der Waals surface area contributed by atoms with Crippen LogP contribution in [0.5, 0.6) is 11.5 Å². The SMILES string of the molecule is CCOc1cc(/C=C(/C#N)c2cccc(Cl)c2)cc(Br)c1OCc1ccccc1. The molecule has 0 aliphatic carbocycles. The van der Waals surface area contributed by atoms with E-state index in [1.54, 1.807) is 18.2 Å². The third-order valence-corrected chi connectivity index (χ3v) is 4.95. The molecule has 3 nitrogen and oxygen atoms in total. The molecule has 5 heteroatoms. The lowest BCUT2D eigenvalue weighted by molar-refractivity contribution is 0.267. The number of rotatable bonds is 7. The van der Waals surface area contributed by atoms with Crippen LogP contribution in [0.3, 0.4) is 0 Å². The fourth-order valence-electron chi connectivity index (χ4n) is 2.81. The van der Waals surface area contributed by atoms with E-state index in [1.165, 1.54) is 0 Å². The first-order valence-electron chi connectivity index (χ1n) is 9.11. The van der Waals surface area contributed by atoms with Crippen LogP contribution in [0.25, 0.3) is 11.6 Å². The Morgan fingerprint density at radius 1 is 1.07 bits per heavy atom. The van der Waals surface area contributed by atoms with E-state index in [0.717, 1.165) is 21.2 Å². The van der Waals surface area contributed by atoms with Crippen LogP contribution in [0.4, 0.5) is 0 Å². The molecule has 0 amide bonds. The Kier molecular flexibility index (Phi) is 7.35. The van der Waals surface area contributed by atoms with Crippen molar-refractivity contribution in [3.05, 3.63) is 92.9 Å². The van der Waals surface area contributed by atoms with Crippen molar-refractivity contribution in [3.63, 3.8) is 0 Å². The van der Waals surface area contributed by atoms with Crippen LogP contribution >= 0.6 is 27.5 Å². The van der Waals surface area contributed by atoms with Crippen molar-refractivity contribution in [2.75, 3.05) is 6.61 Å². The molecule has 0 saturated heterocycles. The minimum Gasteiger partial charge on any atom is -0.490 e. The molecule has 29 heavy (non-hydrogen) atoms. The predicted molar refractivity (Wildman–Crippen MR) is 121 cm³/mol. The average Bonchev–Trinajstić information content (AvgIpc) is 2.72. The van der Waals surface area contributed by atoms with Crippen LogP contribution in [0, 0.1) is 11.3 Å². The van der Waals surface area contributed by atoms with Gasteiger partial charge in [0.05, 0.1) is 22.7 Å². The second-order valence-electron chi connectivity index (χ2n) is 6.22. The second-order valence-corrected chi connectivity index (χ2v) is 7.51. The highest BCUT2D eigenvalue weighted by Crippen LogP contribution is 2.38. The highest BCUT2D eigenvalue weighted by Gasteiger charge is 2.13. The summed E-state index contributed by atoms with van der Waals surface area (Å²) in [5, 5.41) is 10.2. The molecular formula is C24H19BrClNO2. The van der Waals surface area contributed by atoms with Gasteiger partial charge in [0, 0.05) is 5.02 Å². The zero-order chi connectivity index (χ0) is 20.6. The summed E-state index contributed by atoms with van der Waals surface area (Å²) in [6.45, 7) is 2.85. The van der Waals surface area contributed by atoms with E-state index in [0.29, 0.717) is 35.3 Å². The van der Waals surface area contributed by atoms with Gasteiger partial charge in [-0.1, -0.05) is 54.1 Å². The standard InChI is InChI=1S/C24H19BrClNO2/c1-2-28-23-13-18(11-20(15-27)19-9-6-10-21(26)14-19)12-22(25)24(23)29-16-17-7-4-3-5-8-17/h3-14H,2,16H2,1H3/b20-11-. The third-order valence-electron chi connectivity index (χ3n) is 4.12. The first kappa shape index (κ1) is 21.0. The number of benzene rings is 3. The predicted octanol–water partition coefficient (Wildman–Crippen LogP) is 7.14. The van der Waals surface area contributed by atoms with Crippen LogP contribution in [0.1, 0.15) is 23.6 Å².